The predicted octanol–water partition coefficient (Wildman–Crippen LogP) is 2.96. The van der Waals surface area contributed by atoms with Gasteiger partial charge in [-0.15, -0.1) is 24.0 Å². The van der Waals surface area contributed by atoms with Crippen LogP contribution in [0.15, 0.2) is 33.7 Å². The molecule has 1 heterocycles. The highest BCUT2D eigenvalue weighted by atomic mass is 127. The van der Waals surface area contributed by atoms with Crippen LogP contribution in [0.2, 0.25) is 0 Å². The van der Waals surface area contributed by atoms with Crippen molar-refractivity contribution >= 4 is 45.9 Å². The van der Waals surface area contributed by atoms with Crippen molar-refractivity contribution in [1.82, 2.24) is 10.2 Å². The van der Waals surface area contributed by atoms with Gasteiger partial charge in [0.05, 0.1) is 6.10 Å². The van der Waals surface area contributed by atoms with Crippen molar-refractivity contribution in [2.45, 2.75) is 37.8 Å². The van der Waals surface area contributed by atoms with Crippen LogP contribution in [0.3, 0.4) is 0 Å². The van der Waals surface area contributed by atoms with E-state index in [9.17, 15) is 5.11 Å². The number of nitrogens with zero attached hydrogens (tertiary/aromatic N) is 2. The number of rotatable bonds is 3. The molecule has 2 fully saturated rings. The van der Waals surface area contributed by atoms with Gasteiger partial charge >= 0.3 is 0 Å². The Bertz CT molecular complexity index is 523. The average Bonchev–Trinajstić information content (AvgIpc) is 3.10. The number of aliphatic hydroxyl groups is 1. The molecule has 0 amide bonds. The van der Waals surface area contributed by atoms with Crippen molar-refractivity contribution in [3.8, 4) is 0 Å². The maximum absolute atomic E-state index is 9.69. The molecule has 0 bridgehead atoms. The van der Waals surface area contributed by atoms with Gasteiger partial charge in [-0.1, -0.05) is 28.1 Å². The van der Waals surface area contributed by atoms with E-state index < -0.39 is 0 Å². The predicted molar refractivity (Wildman–Crippen MR) is 104 cm³/mol. The summed E-state index contributed by atoms with van der Waals surface area (Å²) in [5.41, 5.74) is 1.38. The minimum absolute atomic E-state index is 0. The van der Waals surface area contributed by atoms with E-state index in [0.29, 0.717) is 18.5 Å². The highest BCUT2D eigenvalue weighted by Crippen LogP contribution is 2.41. The van der Waals surface area contributed by atoms with Gasteiger partial charge in [0.15, 0.2) is 5.96 Å². The molecule has 3 atom stereocenters. The molecule has 2 N–H and O–H groups in total. The van der Waals surface area contributed by atoms with Gasteiger partial charge in [0, 0.05) is 36.1 Å². The molecule has 3 rings (SSSR count). The van der Waals surface area contributed by atoms with E-state index in [4.69, 9.17) is 0 Å². The Morgan fingerprint density at radius 2 is 2.14 bits per heavy atom. The molecule has 1 aromatic carbocycles. The van der Waals surface area contributed by atoms with Gasteiger partial charge in [0.25, 0.3) is 0 Å². The largest absolute Gasteiger partial charge is 0.391 e. The van der Waals surface area contributed by atoms with Gasteiger partial charge in [-0.05, 0) is 37.5 Å². The number of nitrogens with one attached hydrogen (secondary N) is 1. The number of halogens is 2. The highest BCUT2D eigenvalue weighted by molar-refractivity contribution is 14.0. The van der Waals surface area contributed by atoms with Crippen LogP contribution >= 0.6 is 39.9 Å². The van der Waals surface area contributed by atoms with E-state index in [0.717, 1.165) is 36.4 Å². The maximum atomic E-state index is 9.69. The number of likely N-dealkylation sites (tertiary alicyclic amines) is 1. The van der Waals surface area contributed by atoms with Gasteiger partial charge < -0.3 is 15.3 Å². The first-order valence-corrected chi connectivity index (χ1v) is 8.46. The molecule has 1 saturated carbocycles. The quantitative estimate of drug-likeness (QED) is 0.398. The molecule has 2 unspecified atom stereocenters. The number of benzene rings is 1. The van der Waals surface area contributed by atoms with Crippen molar-refractivity contribution in [1.29, 1.82) is 0 Å². The van der Waals surface area contributed by atoms with E-state index in [2.05, 4.69) is 55.4 Å². The molecule has 0 aromatic heterocycles. The fraction of sp³-hybridized carbons (Fsp3) is 0.562. The van der Waals surface area contributed by atoms with Crippen molar-refractivity contribution in [3.05, 3.63) is 34.3 Å². The zero-order chi connectivity index (χ0) is 14.8. The second kappa shape index (κ2) is 7.97. The van der Waals surface area contributed by atoms with E-state index >= 15 is 0 Å². The van der Waals surface area contributed by atoms with Crippen molar-refractivity contribution in [3.63, 3.8) is 0 Å². The lowest BCUT2D eigenvalue weighted by molar-refractivity contribution is 0.187. The molecule has 4 nitrogen and oxygen atoms in total. The minimum Gasteiger partial charge on any atom is -0.391 e. The summed E-state index contributed by atoms with van der Waals surface area (Å²) >= 11 is 3.48. The monoisotopic (exact) mass is 479 g/mol. The minimum atomic E-state index is -0.213. The third-order valence-corrected chi connectivity index (χ3v) is 4.70. The summed E-state index contributed by atoms with van der Waals surface area (Å²) in [6.07, 6.45) is 1.78. The van der Waals surface area contributed by atoms with Crippen molar-refractivity contribution in [2.75, 3.05) is 19.6 Å². The summed E-state index contributed by atoms with van der Waals surface area (Å²) in [7, 11) is 0. The SMILES string of the molecule is CCN=C(NC1CC1c1ccc(Br)cc1)N1CC[C@@H](O)C1.I. The lowest BCUT2D eigenvalue weighted by Crippen LogP contribution is -2.42. The van der Waals surface area contributed by atoms with Crippen LogP contribution in [0.1, 0.15) is 31.2 Å². The van der Waals surface area contributed by atoms with Crippen LogP contribution in [-0.4, -0.2) is 47.7 Å². The number of hydrogen-bond acceptors (Lipinski definition) is 2. The fourth-order valence-electron chi connectivity index (χ4n) is 2.92. The molecule has 22 heavy (non-hydrogen) atoms. The van der Waals surface area contributed by atoms with Gasteiger partial charge in [0.2, 0.25) is 0 Å². The fourth-order valence-corrected chi connectivity index (χ4v) is 3.18. The van der Waals surface area contributed by atoms with E-state index in [1.807, 2.05) is 6.92 Å². The molecule has 0 radical (unpaired) electrons. The van der Waals surface area contributed by atoms with Crippen LogP contribution in [0.5, 0.6) is 0 Å². The molecule has 122 valence electrons. The first-order chi connectivity index (χ1) is 10.2. The summed E-state index contributed by atoms with van der Waals surface area (Å²) in [6, 6.07) is 9.04. The summed E-state index contributed by atoms with van der Waals surface area (Å²) < 4.78 is 1.12. The molecule has 0 spiro atoms. The lowest BCUT2D eigenvalue weighted by Gasteiger charge is -2.21. The maximum Gasteiger partial charge on any atom is 0.194 e. The van der Waals surface area contributed by atoms with E-state index in [1.54, 1.807) is 0 Å². The first kappa shape index (κ1) is 18.0. The second-order valence-corrected chi connectivity index (χ2v) is 6.75. The number of aliphatic imine (C=N–C) groups is 1. The van der Waals surface area contributed by atoms with Crippen LogP contribution in [0.25, 0.3) is 0 Å². The summed E-state index contributed by atoms with van der Waals surface area (Å²) in [6.45, 7) is 4.40. The lowest BCUT2D eigenvalue weighted by atomic mass is 10.1. The van der Waals surface area contributed by atoms with Gasteiger partial charge in [-0.2, -0.15) is 0 Å². The van der Waals surface area contributed by atoms with Crippen LogP contribution in [-0.2, 0) is 0 Å². The Labute approximate surface area is 157 Å². The third kappa shape index (κ3) is 4.35. The second-order valence-electron chi connectivity index (χ2n) is 5.83. The topological polar surface area (TPSA) is 47.9 Å². The number of guanidine groups is 1. The molecular formula is C16H23BrIN3O. The molecule has 1 aliphatic carbocycles. The van der Waals surface area contributed by atoms with Crippen LogP contribution < -0.4 is 5.32 Å². The van der Waals surface area contributed by atoms with Gasteiger partial charge in [-0.25, -0.2) is 0 Å². The third-order valence-electron chi connectivity index (χ3n) is 4.17. The van der Waals surface area contributed by atoms with Crippen molar-refractivity contribution in [2.24, 2.45) is 4.99 Å². The van der Waals surface area contributed by atoms with Crippen LogP contribution in [0, 0.1) is 0 Å². The average molecular weight is 480 g/mol. The molecule has 6 heteroatoms. The smallest absolute Gasteiger partial charge is 0.194 e. The zero-order valence-electron chi connectivity index (χ0n) is 12.7. The number of aliphatic hydroxyl groups excluding tert-OH is 1. The van der Waals surface area contributed by atoms with E-state index in [-0.39, 0.29) is 30.1 Å². The number of β-amino-alcohol motifs (C(OH)–C–C–N with tert-alkyl or cyclic N) is 1. The van der Waals surface area contributed by atoms with Crippen LogP contribution in [0.4, 0.5) is 0 Å². The normalized spacial score (nSPS) is 27.5. The molecule has 1 aliphatic heterocycles. The standard InChI is InChI=1S/C16H22BrN3O.HI/c1-2-18-16(20-8-7-13(21)10-20)19-15-9-14(15)11-3-5-12(17)6-4-11;/h3-6,13-15,21H,2,7-10H2,1H3,(H,18,19);1H/t13-,14?,15?;/m1./s1. The van der Waals surface area contributed by atoms with Gasteiger partial charge in [0.1, 0.15) is 0 Å². The highest BCUT2D eigenvalue weighted by Gasteiger charge is 2.40. The molecule has 1 aromatic rings. The molecular weight excluding hydrogens is 457 g/mol. The van der Waals surface area contributed by atoms with Crippen molar-refractivity contribution < 1.29 is 5.11 Å². The Balaban J connectivity index is 0.00000176. The summed E-state index contributed by atoms with van der Waals surface area (Å²) in [5, 5.41) is 13.3. The van der Waals surface area contributed by atoms with E-state index in [1.165, 1.54) is 5.56 Å². The Kier molecular flexibility index (Phi) is 6.52. The first-order valence-electron chi connectivity index (χ1n) is 7.67. The summed E-state index contributed by atoms with van der Waals surface area (Å²) in [5.74, 6) is 1.53. The summed E-state index contributed by atoms with van der Waals surface area (Å²) in [4.78, 5) is 6.75. The zero-order valence-corrected chi connectivity index (χ0v) is 16.6. The Morgan fingerprint density at radius 3 is 2.73 bits per heavy atom. The molecule has 2 aliphatic rings. The van der Waals surface area contributed by atoms with Gasteiger partial charge in [-0.3, -0.25) is 4.99 Å². The Morgan fingerprint density at radius 1 is 1.41 bits per heavy atom. The molecule has 1 saturated heterocycles. The number of hydrogen-bond donors (Lipinski definition) is 2. The Hall–Kier alpha value is -0.340.